The van der Waals surface area contributed by atoms with Gasteiger partial charge in [0.25, 0.3) is 5.69 Å². The van der Waals surface area contributed by atoms with E-state index in [-0.39, 0.29) is 10.6 Å². The smallest absolute Gasteiger partial charge is 0.258 e. The number of nitro groups is 1. The van der Waals surface area contributed by atoms with Crippen molar-refractivity contribution in [3.63, 3.8) is 0 Å². The van der Waals surface area contributed by atoms with Gasteiger partial charge < -0.3 is 0 Å². The lowest BCUT2D eigenvalue weighted by Crippen LogP contribution is -2.02. The van der Waals surface area contributed by atoms with Crippen LogP contribution in [0.1, 0.15) is 123 Å². The van der Waals surface area contributed by atoms with Crippen molar-refractivity contribution >= 4 is 5.69 Å². The summed E-state index contributed by atoms with van der Waals surface area (Å²) in [5.41, 5.74) is 2.53. The predicted octanol–water partition coefficient (Wildman–Crippen LogP) is 9.23. The Hall–Kier alpha value is -1.38. The molecule has 1 saturated carbocycles. The van der Waals surface area contributed by atoms with Crippen molar-refractivity contribution in [2.45, 2.75) is 119 Å². The highest BCUT2D eigenvalue weighted by molar-refractivity contribution is 5.41. The lowest BCUT2D eigenvalue weighted by atomic mass is 9.87. The molecular weight excluding hydrogens is 358 g/mol. The molecule has 3 heteroatoms. The Morgan fingerprint density at radius 3 is 2.03 bits per heavy atom. The standard InChI is InChI=1S/C16H25NO2.C6H12.C4H10/c1-5-14(8-6-7-12(2)3)16-11-15(17(18)19)10-9-13(16)4;1-2-3-6-4-5-6;1-3-4-2/h9-12,14H,5-8H2,1-4H3;6H,2-5H2,1H3;3-4H2,1-2H3. The fourth-order valence-corrected chi connectivity index (χ4v) is 3.35. The summed E-state index contributed by atoms with van der Waals surface area (Å²) in [5.74, 6) is 2.32. The van der Waals surface area contributed by atoms with Crippen LogP contribution < -0.4 is 0 Å². The summed E-state index contributed by atoms with van der Waals surface area (Å²) in [7, 11) is 0. The summed E-state index contributed by atoms with van der Waals surface area (Å²) in [5, 5.41) is 10.9. The summed E-state index contributed by atoms with van der Waals surface area (Å²) in [6.45, 7) is 15.3. The van der Waals surface area contributed by atoms with E-state index in [0.717, 1.165) is 30.2 Å². The third-order valence-corrected chi connectivity index (χ3v) is 5.63. The minimum atomic E-state index is -0.302. The molecule has 1 aromatic rings. The van der Waals surface area contributed by atoms with Crippen molar-refractivity contribution in [2.75, 3.05) is 0 Å². The van der Waals surface area contributed by atoms with Crippen LogP contribution in [0.2, 0.25) is 0 Å². The fourth-order valence-electron chi connectivity index (χ4n) is 3.35. The number of hydrogen-bond acceptors (Lipinski definition) is 2. The quantitative estimate of drug-likeness (QED) is 0.287. The zero-order valence-corrected chi connectivity index (χ0v) is 20.3. The average Bonchev–Trinajstić information content (AvgIpc) is 3.51. The lowest BCUT2D eigenvalue weighted by Gasteiger charge is -2.18. The van der Waals surface area contributed by atoms with Crippen molar-refractivity contribution in [3.05, 3.63) is 39.4 Å². The second-order valence-corrected chi connectivity index (χ2v) is 8.96. The molecule has 0 aliphatic heterocycles. The van der Waals surface area contributed by atoms with Gasteiger partial charge in [-0.3, -0.25) is 10.1 Å². The first-order chi connectivity index (χ1) is 13.8. The molecule has 0 amide bonds. The van der Waals surface area contributed by atoms with Gasteiger partial charge in [-0.05, 0) is 48.6 Å². The highest BCUT2D eigenvalue weighted by Gasteiger charge is 2.19. The van der Waals surface area contributed by atoms with Crippen LogP contribution in [0.5, 0.6) is 0 Å². The van der Waals surface area contributed by atoms with Crippen molar-refractivity contribution in [1.82, 2.24) is 0 Å². The average molecular weight is 406 g/mol. The van der Waals surface area contributed by atoms with Crippen LogP contribution >= 0.6 is 0 Å². The number of hydrogen-bond donors (Lipinski definition) is 0. The van der Waals surface area contributed by atoms with E-state index in [2.05, 4.69) is 41.5 Å². The van der Waals surface area contributed by atoms with Crippen LogP contribution in [0.4, 0.5) is 5.69 Å². The Morgan fingerprint density at radius 1 is 1.03 bits per heavy atom. The Bertz CT molecular complexity index is 548. The molecule has 1 unspecified atom stereocenters. The van der Waals surface area contributed by atoms with E-state index in [0.29, 0.717) is 5.92 Å². The topological polar surface area (TPSA) is 43.1 Å². The summed E-state index contributed by atoms with van der Waals surface area (Å²) >= 11 is 0. The van der Waals surface area contributed by atoms with Gasteiger partial charge in [0.2, 0.25) is 0 Å². The number of aryl methyl sites for hydroxylation is 1. The molecule has 3 nitrogen and oxygen atoms in total. The Kier molecular flexibility index (Phi) is 15.6. The summed E-state index contributed by atoms with van der Waals surface area (Å²) < 4.78 is 0. The van der Waals surface area contributed by atoms with Gasteiger partial charge >= 0.3 is 0 Å². The van der Waals surface area contributed by atoms with Crippen molar-refractivity contribution < 1.29 is 4.92 Å². The van der Waals surface area contributed by atoms with Gasteiger partial charge in [0.15, 0.2) is 0 Å². The molecule has 1 aliphatic rings. The summed E-state index contributed by atoms with van der Waals surface area (Å²) in [4.78, 5) is 10.6. The first-order valence-corrected chi connectivity index (χ1v) is 12.0. The second-order valence-electron chi connectivity index (χ2n) is 8.96. The molecule has 0 N–H and O–H groups in total. The summed E-state index contributed by atoms with van der Waals surface area (Å²) in [6, 6.07) is 5.23. The lowest BCUT2D eigenvalue weighted by molar-refractivity contribution is -0.384. The normalized spacial score (nSPS) is 13.8. The molecule has 168 valence electrons. The Balaban J connectivity index is 0.000000639. The predicted molar refractivity (Wildman–Crippen MR) is 128 cm³/mol. The van der Waals surface area contributed by atoms with E-state index in [1.165, 1.54) is 56.9 Å². The monoisotopic (exact) mass is 405 g/mol. The molecule has 0 aromatic heterocycles. The molecule has 1 atom stereocenters. The van der Waals surface area contributed by atoms with Gasteiger partial charge in [-0.2, -0.15) is 0 Å². The molecule has 1 fully saturated rings. The minimum absolute atomic E-state index is 0.211. The van der Waals surface area contributed by atoms with Gasteiger partial charge in [-0.1, -0.05) is 99.0 Å². The number of nitro benzene ring substituents is 1. The van der Waals surface area contributed by atoms with Crippen LogP contribution in [0.25, 0.3) is 0 Å². The van der Waals surface area contributed by atoms with Crippen molar-refractivity contribution in [1.29, 1.82) is 0 Å². The third-order valence-electron chi connectivity index (χ3n) is 5.63. The molecule has 29 heavy (non-hydrogen) atoms. The maximum absolute atomic E-state index is 10.9. The highest BCUT2D eigenvalue weighted by atomic mass is 16.6. The Morgan fingerprint density at radius 2 is 1.66 bits per heavy atom. The molecule has 1 aromatic carbocycles. The molecule has 0 saturated heterocycles. The van der Waals surface area contributed by atoms with Crippen LogP contribution in [0.15, 0.2) is 18.2 Å². The molecule has 2 rings (SSSR count). The number of benzene rings is 1. The van der Waals surface area contributed by atoms with Crippen LogP contribution in [-0.2, 0) is 0 Å². The Labute approximate surface area is 180 Å². The minimum Gasteiger partial charge on any atom is -0.258 e. The molecule has 1 aliphatic carbocycles. The second kappa shape index (κ2) is 16.4. The van der Waals surface area contributed by atoms with E-state index in [9.17, 15) is 10.1 Å². The van der Waals surface area contributed by atoms with Crippen LogP contribution in [-0.4, -0.2) is 4.92 Å². The van der Waals surface area contributed by atoms with E-state index >= 15 is 0 Å². The first-order valence-electron chi connectivity index (χ1n) is 12.0. The van der Waals surface area contributed by atoms with Crippen LogP contribution in [0.3, 0.4) is 0 Å². The van der Waals surface area contributed by atoms with Crippen LogP contribution in [0, 0.1) is 28.9 Å². The van der Waals surface area contributed by atoms with E-state index < -0.39 is 0 Å². The maximum atomic E-state index is 10.9. The zero-order chi connectivity index (χ0) is 22.2. The third kappa shape index (κ3) is 13.5. The number of rotatable bonds is 10. The molecular formula is C26H47NO2. The molecule has 0 radical (unpaired) electrons. The van der Waals surface area contributed by atoms with Gasteiger partial charge in [0, 0.05) is 12.1 Å². The van der Waals surface area contributed by atoms with E-state index in [1.54, 1.807) is 12.1 Å². The number of nitrogens with zero attached hydrogens (tertiary/aromatic N) is 1. The highest BCUT2D eigenvalue weighted by Crippen LogP contribution is 2.33. The summed E-state index contributed by atoms with van der Waals surface area (Å²) in [6.07, 6.45) is 13.1. The maximum Gasteiger partial charge on any atom is 0.269 e. The van der Waals surface area contributed by atoms with E-state index in [4.69, 9.17) is 0 Å². The van der Waals surface area contributed by atoms with Gasteiger partial charge in [0.05, 0.1) is 4.92 Å². The van der Waals surface area contributed by atoms with Crippen molar-refractivity contribution in [3.8, 4) is 0 Å². The largest absolute Gasteiger partial charge is 0.269 e. The molecule has 0 spiro atoms. The first kappa shape index (κ1) is 27.6. The van der Waals surface area contributed by atoms with Gasteiger partial charge in [-0.25, -0.2) is 0 Å². The number of non-ortho nitro benzene ring substituents is 1. The van der Waals surface area contributed by atoms with Gasteiger partial charge in [-0.15, -0.1) is 0 Å². The fraction of sp³-hybridized carbons (Fsp3) is 0.769. The zero-order valence-electron chi connectivity index (χ0n) is 20.3. The SMILES string of the molecule is CCC(CCCC(C)C)c1cc([N+](=O)[O-])ccc1C.CCCC.CCCC1CC1. The van der Waals surface area contributed by atoms with E-state index in [1.807, 2.05) is 13.0 Å². The van der Waals surface area contributed by atoms with Gasteiger partial charge in [0.1, 0.15) is 0 Å². The molecule has 0 bridgehead atoms. The number of unbranched alkanes of at least 4 members (excludes halogenated alkanes) is 1. The molecule has 0 heterocycles. The van der Waals surface area contributed by atoms with Crippen molar-refractivity contribution in [2.24, 2.45) is 11.8 Å².